The first-order chi connectivity index (χ1) is 15.6. The van der Waals surface area contributed by atoms with Crippen LogP contribution in [0.25, 0.3) is 0 Å². The third kappa shape index (κ3) is 5.18. The van der Waals surface area contributed by atoms with Crippen LogP contribution in [0.5, 0.6) is 17.2 Å². The molecule has 0 bridgehead atoms. The lowest BCUT2D eigenvalue weighted by Gasteiger charge is -2.20. The van der Waals surface area contributed by atoms with Crippen molar-refractivity contribution in [3.05, 3.63) is 83.9 Å². The number of carbonyl (C=O) groups is 2. The third-order valence-electron chi connectivity index (χ3n) is 4.91. The fraction of sp³-hybridized carbons (Fsp3) is 0.200. The number of ether oxygens (including phenoxy) is 3. The summed E-state index contributed by atoms with van der Waals surface area (Å²) >= 11 is 0. The molecule has 0 aliphatic carbocycles. The fourth-order valence-electron chi connectivity index (χ4n) is 3.24. The molecule has 0 spiro atoms. The summed E-state index contributed by atoms with van der Waals surface area (Å²) in [7, 11) is 0. The van der Waals surface area contributed by atoms with Crippen LogP contribution >= 0.6 is 0 Å². The van der Waals surface area contributed by atoms with Crippen LogP contribution in [-0.2, 0) is 11.3 Å². The summed E-state index contributed by atoms with van der Waals surface area (Å²) in [5, 5.41) is 5.69. The summed E-state index contributed by atoms with van der Waals surface area (Å²) in [6.45, 7) is 3.00. The lowest BCUT2D eigenvalue weighted by molar-refractivity contribution is -0.122. The smallest absolute Gasteiger partial charge is 0.265 e. The van der Waals surface area contributed by atoms with Crippen LogP contribution in [0.1, 0.15) is 22.8 Å². The Hall–Kier alpha value is -4.00. The van der Waals surface area contributed by atoms with Gasteiger partial charge in [0.1, 0.15) is 19.0 Å². The minimum absolute atomic E-state index is 0.274. The van der Waals surface area contributed by atoms with E-state index in [-0.39, 0.29) is 11.8 Å². The quantitative estimate of drug-likeness (QED) is 0.593. The number of rotatable bonds is 7. The summed E-state index contributed by atoms with van der Waals surface area (Å²) in [4.78, 5) is 25.4. The van der Waals surface area contributed by atoms with Gasteiger partial charge < -0.3 is 24.8 Å². The van der Waals surface area contributed by atoms with E-state index >= 15 is 0 Å². The first-order valence-corrected chi connectivity index (χ1v) is 10.4. The van der Waals surface area contributed by atoms with E-state index in [1.54, 1.807) is 49.4 Å². The summed E-state index contributed by atoms with van der Waals surface area (Å²) < 4.78 is 16.9. The molecule has 1 atom stereocenters. The van der Waals surface area contributed by atoms with E-state index in [1.165, 1.54) is 0 Å². The van der Waals surface area contributed by atoms with Crippen LogP contribution in [0.2, 0.25) is 0 Å². The number of para-hydroxylation sites is 1. The molecule has 0 aromatic heterocycles. The Morgan fingerprint density at radius 2 is 1.66 bits per heavy atom. The van der Waals surface area contributed by atoms with Crippen molar-refractivity contribution in [2.75, 3.05) is 18.5 Å². The van der Waals surface area contributed by atoms with E-state index in [1.807, 2.05) is 30.3 Å². The van der Waals surface area contributed by atoms with Gasteiger partial charge in [0.05, 0.1) is 5.56 Å². The van der Waals surface area contributed by atoms with E-state index in [4.69, 9.17) is 14.2 Å². The van der Waals surface area contributed by atoms with Gasteiger partial charge >= 0.3 is 0 Å². The third-order valence-corrected chi connectivity index (χ3v) is 4.91. The standard InChI is InChI=1S/C25H24N2O5/c1-17(24(28)27-19-11-12-22-23(15-19)31-14-13-30-22)32-21-10-6-5-9-20(21)25(29)26-16-18-7-3-2-4-8-18/h2-12,15,17H,13-14,16H2,1H3,(H,26,29)(H,27,28)/t17-/m1/s1. The van der Waals surface area contributed by atoms with Crippen molar-refractivity contribution in [1.29, 1.82) is 0 Å². The molecule has 3 aromatic rings. The van der Waals surface area contributed by atoms with Gasteiger partial charge in [-0.25, -0.2) is 0 Å². The van der Waals surface area contributed by atoms with Crippen molar-refractivity contribution in [2.45, 2.75) is 19.6 Å². The molecule has 32 heavy (non-hydrogen) atoms. The lowest BCUT2D eigenvalue weighted by Crippen LogP contribution is -2.31. The highest BCUT2D eigenvalue weighted by Crippen LogP contribution is 2.32. The molecule has 7 heteroatoms. The van der Waals surface area contributed by atoms with Crippen LogP contribution < -0.4 is 24.8 Å². The van der Waals surface area contributed by atoms with E-state index < -0.39 is 6.10 Å². The summed E-state index contributed by atoms with van der Waals surface area (Å²) in [6, 6.07) is 21.7. The predicted octanol–water partition coefficient (Wildman–Crippen LogP) is 3.79. The Labute approximate surface area is 186 Å². The van der Waals surface area contributed by atoms with Gasteiger partial charge in [-0.2, -0.15) is 0 Å². The van der Waals surface area contributed by atoms with Crippen LogP contribution in [0, 0.1) is 0 Å². The zero-order valence-corrected chi connectivity index (χ0v) is 17.7. The van der Waals surface area contributed by atoms with Gasteiger partial charge in [-0.3, -0.25) is 9.59 Å². The molecule has 3 aromatic carbocycles. The van der Waals surface area contributed by atoms with Crippen molar-refractivity contribution in [1.82, 2.24) is 5.32 Å². The van der Waals surface area contributed by atoms with E-state index in [0.29, 0.717) is 48.3 Å². The average Bonchev–Trinajstić information content (AvgIpc) is 2.83. The number of anilines is 1. The molecule has 1 aliphatic rings. The molecule has 7 nitrogen and oxygen atoms in total. The molecule has 0 radical (unpaired) electrons. The van der Waals surface area contributed by atoms with Crippen LogP contribution in [-0.4, -0.2) is 31.1 Å². The minimum Gasteiger partial charge on any atom is -0.486 e. The molecular formula is C25H24N2O5. The summed E-state index contributed by atoms with van der Waals surface area (Å²) in [5.41, 5.74) is 1.93. The zero-order chi connectivity index (χ0) is 22.3. The maximum absolute atomic E-state index is 12.7. The Morgan fingerprint density at radius 1 is 0.938 bits per heavy atom. The maximum atomic E-state index is 12.7. The molecule has 0 unspecified atom stereocenters. The van der Waals surface area contributed by atoms with Gasteiger partial charge in [0.15, 0.2) is 17.6 Å². The molecular weight excluding hydrogens is 408 g/mol. The van der Waals surface area contributed by atoms with Crippen LogP contribution in [0.4, 0.5) is 5.69 Å². The van der Waals surface area contributed by atoms with Gasteiger partial charge in [-0.05, 0) is 36.8 Å². The highest BCUT2D eigenvalue weighted by atomic mass is 16.6. The number of nitrogens with one attached hydrogen (secondary N) is 2. The largest absolute Gasteiger partial charge is 0.486 e. The molecule has 1 heterocycles. The molecule has 4 rings (SSSR count). The summed E-state index contributed by atoms with van der Waals surface area (Å²) in [6.07, 6.45) is -0.828. The van der Waals surface area contributed by atoms with E-state index in [0.717, 1.165) is 5.56 Å². The van der Waals surface area contributed by atoms with Crippen LogP contribution in [0.3, 0.4) is 0 Å². The monoisotopic (exact) mass is 432 g/mol. The van der Waals surface area contributed by atoms with Gasteiger partial charge in [-0.1, -0.05) is 42.5 Å². The van der Waals surface area contributed by atoms with Gasteiger partial charge in [0, 0.05) is 18.3 Å². The Morgan fingerprint density at radius 3 is 2.47 bits per heavy atom. The second kappa shape index (κ2) is 9.87. The maximum Gasteiger partial charge on any atom is 0.265 e. The van der Waals surface area contributed by atoms with E-state index in [9.17, 15) is 9.59 Å². The molecule has 0 saturated heterocycles. The first-order valence-electron chi connectivity index (χ1n) is 10.4. The van der Waals surface area contributed by atoms with Crippen molar-refractivity contribution in [3.63, 3.8) is 0 Å². The van der Waals surface area contributed by atoms with Crippen molar-refractivity contribution >= 4 is 17.5 Å². The highest BCUT2D eigenvalue weighted by Gasteiger charge is 2.20. The average molecular weight is 432 g/mol. The molecule has 2 N–H and O–H groups in total. The second-order valence-electron chi connectivity index (χ2n) is 7.27. The number of amides is 2. The lowest BCUT2D eigenvalue weighted by atomic mass is 10.1. The molecule has 2 amide bonds. The number of benzene rings is 3. The normalized spacial score (nSPS) is 13.0. The minimum atomic E-state index is -0.828. The highest BCUT2D eigenvalue weighted by molar-refractivity contribution is 5.97. The van der Waals surface area contributed by atoms with Gasteiger partial charge in [-0.15, -0.1) is 0 Å². The Bertz CT molecular complexity index is 1100. The number of hydrogen-bond acceptors (Lipinski definition) is 5. The van der Waals surface area contributed by atoms with Crippen molar-refractivity contribution in [3.8, 4) is 17.2 Å². The first kappa shape index (κ1) is 21.2. The van der Waals surface area contributed by atoms with Crippen LogP contribution in [0.15, 0.2) is 72.8 Å². The Kier molecular flexibility index (Phi) is 6.55. The fourth-order valence-corrected chi connectivity index (χ4v) is 3.24. The summed E-state index contributed by atoms with van der Waals surface area (Å²) in [5.74, 6) is 0.949. The zero-order valence-electron chi connectivity index (χ0n) is 17.7. The van der Waals surface area contributed by atoms with Crippen molar-refractivity contribution < 1.29 is 23.8 Å². The Balaban J connectivity index is 1.39. The van der Waals surface area contributed by atoms with Gasteiger partial charge in [0.2, 0.25) is 0 Å². The van der Waals surface area contributed by atoms with E-state index in [2.05, 4.69) is 10.6 Å². The molecule has 0 saturated carbocycles. The second-order valence-corrected chi connectivity index (χ2v) is 7.27. The molecule has 0 fully saturated rings. The predicted molar refractivity (Wildman–Crippen MR) is 120 cm³/mol. The number of hydrogen-bond donors (Lipinski definition) is 2. The van der Waals surface area contributed by atoms with Crippen molar-refractivity contribution in [2.24, 2.45) is 0 Å². The van der Waals surface area contributed by atoms with Gasteiger partial charge in [0.25, 0.3) is 11.8 Å². The topological polar surface area (TPSA) is 85.9 Å². The molecule has 164 valence electrons. The number of carbonyl (C=O) groups excluding carboxylic acids is 2. The number of fused-ring (bicyclic) bond motifs is 1. The SMILES string of the molecule is C[C@@H](Oc1ccccc1C(=O)NCc1ccccc1)C(=O)Nc1ccc2c(c1)OCCO2. The molecule has 1 aliphatic heterocycles.